The highest BCUT2D eigenvalue weighted by atomic mass is 16.5. The number of carbonyl (C=O) groups excluding carboxylic acids is 1. The van der Waals surface area contributed by atoms with Gasteiger partial charge in [0.15, 0.2) is 0 Å². The molecule has 0 fully saturated rings. The lowest BCUT2D eigenvalue weighted by Gasteiger charge is -2.28. The predicted molar refractivity (Wildman–Crippen MR) is 59.0 cm³/mol. The molecule has 0 saturated heterocycles. The van der Waals surface area contributed by atoms with E-state index in [0.717, 1.165) is 12.8 Å². The second kappa shape index (κ2) is 6.27. The lowest BCUT2D eigenvalue weighted by molar-refractivity contribution is 0.0581. The first-order valence-electron chi connectivity index (χ1n) is 5.57. The van der Waals surface area contributed by atoms with Crippen LogP contribution in [0.4, 0.5) is 0 Å². The number of aliphatic hydroxyl groups excluding tert-OH is 1. The van der Waals surface area contributed by atoms with Gasteiger partial charge in [-0.15, -0.1) is 0 Å². The molecule has 0 spiro atoms. The Morgan fingerprint density at radius 2 is 2.25 bits per heavy atom. The third-order valence-corrected chi connectivity index (χ3v) is 2.63. The van der Waals surface area contributed by atoms with E-state index in [0.29, 0.717) is 6.54 Å². The van der Waals surface area contributed by atoms with Crippen LogP contribution in [-0.4, -0.2) is 40.3 Å². The SMILES string of the molecule is CCC(CC)N(CCO)C(=O)c1ccno1. The van der Waals surface area contributed by atoms with Gasteiger partial charge >= 0.3 is 0 Å². The standard InChI is InChI=1S/C11H18N2O3/c1-3-9(4-2)13(7-8-14)11(15)10-5-6-12-16-10/h5-6,9,14H,3-4,7-8H2,1-2H3. The lowest BCUT2D eigenvalue weighted by atomic mass is 10.1. The van der Waals surface area contributed by atoms with Crippen LogP contribution in [0.1, 0.15) is 37.2 Å². The van der Waals surface area contributed by atoms with Gasteiger partial charge in [-0.3, -0.25) is 4.79 Å². The summed E-state index contributed by atoms with van der Waals surface area (Å²) in [4.78, 5) is 13.7. The molecule has 90 valence electrons. The van der Waals surface area contributed by atoms with Crippen molar-refractivity contribution in [2.45, 2.75) is 32.7 Å². The van der Waals surface area contributed by atoms with E-state index >= 15 is 0 Å². The van der Waals surface area contributed by atoms with Crippen molar-refractivity contribution in [2.75, 3.05) is 13.2 Å². The molecule has 0 aromatic carbocycles. The summed E-state index contributed by atoms with van der Waals surface area (Å²) in [5.74, 6) is 0.0144. The van der Waals surface area contributed by atoms with Crippen LogP contribution in [0.3, 0.4) is 0 Å². The van der Waals surface area contributed by atoms with Gasteiger partial charge in [-0.25, -0.2) is 0 Å². The van der Waals surface area contributed by atoms with E-state index in [4.69, 9.17) is 9.63 Å². The number of carbonyl (C=O) groups is 1. The van der Waals surface area contributed by atoms with Gasteiger partial charge in [0.1, 0.15) is 0 Å². The molecule has 0 bridgehead atoms. The zero-order valence-electron chi connectivity index (χ0n) is 9.72. The molecule has 1 amide bonds. The van der Waals surface area contributed by atoms with Gasteiger partial charge in [0.05, 0.1) is 12.8 Å². The highest BCUT2D eigenvalue weighted by Crippen LogP contribution is 2.12. The van der Waals surface area contributed by atoms with Gasteiger partial charge in [-0.05, 0) is 12.8 Å². The minimum Gasteiger partial charge on any atom is -0.395 e. The molecule has 0 saturated carbocycles. The van der Waals surface area contributed by atoms with Crippen molar-refractivity contribution in [2.24, 2.45) is 0 Å². The topological polar surface area (TPSA) is 66.6 Å². The third-order valence-electron chi connectivity index (χ3n) is 2.63. The monoisotopic (exact) mass is 226 g/mol. The minimum atomic E-state index is -0.208. The van der Waals surface area contributed by atoms with Gasteiger partial charge in [0, 0.05) is 18.7 Å². The van der Waals surface area contributed by atoms with Gasteiger partial charge in [0.25, 0.3) is 5.91 Å². The molecule has 0 atom stereocenters. The molecule has 5 heteroatoms. The van der Waals surface area contributed by atoms with Crippen LogP contribution in [-0.2, 0) is 0 Å². The van der Waals surface area contributed by atoms with E-state index in [1.807, 2.05) is 13.8 Å². The molecule has 0 unspecified atom stereocenters. The Kier molecular flexibility index (Phi) is 4.98. The van der Waals surface area contributed by atoms with Crippen LogP contribution in [0, 0.1) is 0 Å². The molecule has 0 aliphatic heterocycles. The molecular weight excluding hydrogens is 208 g/mol. The fourth-order valence-electron chi connectivity index (χ4n) is 1.75. The fraction of sp³-hybridized carbons (Fsp3) is 0.636. The first-order valence-corrected chi connectivity index (χ1v) is 5.57. The lowest BCUT2D eigenvalue weighted by Crippen LogP contribution is -2.41. The van der Waals surface area contributed by atoms with E-state index in [1.165, 1.54) is 12.3 Å². The van der Waals surface area contributed by atoms with Crippen molar-refractivity contribution in [3.8, 4) is 0 Å². The van der Waals surface area contributed by atoms with Crippen molar-refractivity contribution in [1.82, 2.24) is 10.1 Å². The van der Waals surface area contributed by atoms with Gasteiger partial charge in [-0.1, -0.05) is 19.0 Å². The van der Waals surface area contributed by atoms with Crippen molar-refractivity contribution < 1.29 is 14.4 Å². The molecule has 1 N–H and O–H groups in total. The van der Waals surface area contributed by atoms with Crippen LogP contribution in [0.15, 0.2) is 16.8 Å². The Morgan fingerprint density at radius 3 is 2.69 bits per heavy atom. The molecule has 0 aliphatic rings. The summed E-state index contributed by atoms with van der Waals surface area (Å²) < 4.78 is 4.84. The molecule has 0 radical (unpaired) electrons. The normalized spacial score (nSPS) is 10.8. The molecule has 1 aromatic rings. The summed E-state index contributed by atoms with van der Waals surface area (Å²) in [7, 11) is 0. The van der Waals surface area contributed by atoms with Crippen molar-refractivity contribution in [3.63, 3.8) is 0 Å². The predicted octanol–water partition coefficient (Wildman–Crippen LogP) is 1.30. The first kappa shape index (κ1) is 12.7. The van der Waals surface area contributed by atoms with Crippen molar-refractivity contribution >= 4 is 5.91 Å². The summed E-state index contributed by atoms with van der Waals surface area (Å²) in [6.45, 7) is 4.32. The summed E-state index contributed by atoms with van der Waals surface area (Å²) in [5, 5.41) is 12.5. The number of aliphatic hydroxyl groups is 1. The maximum atomic E-state index is 12.0. The molecule has 5 nitrogen and oxygen atoms in total. The Balaban J connectivity index is 2.80. The molecule has 0 aliphatic carbocycles. The second-order valence-corrected chi connectivity index (χ2v) is 3.57. The summed E-state index contributed by atoms with van der Waals surface area (Å²) >= 11 is 0. The number of aromatic nitrogens is 1. The number of rotatable bonds is 6. The zero-order chi connectivity index (χ0) is 12.0. The van der Waals surface area contributed by atoms with E-state index in [-0.39, 0.29) is 24.3 Å². The van der Waals surface area contributed by atoms with E-state index in [1.54, 1.807) is 4.90 Å². The highest BCUT2D eigenvalue weighted by molar-refractivity contribution is 5.91. The molecule has 1 aromatic heterocycles. The van der Waals surface area contributed by atoms with Crippen LogP contribution in [0.2, 0.25) is 0 Å². The van der Waals surface area contributed by atoms with Crippen LogP contribution in [0.25, 0.3) is 0 Å². The van der Waals surface area contributed by atoms with Crippen LogP contribution >= 0.6 is 0 Å². The Hall–Kier alpha value is -1.36. The van der Waals surface area contributed by atoms with E-state index in [2.05, 4.69) is 5.16 Å². The van der Waals surface area contributed by atoms with Crippen LogP contribution < -0.4 is 0 Å². The zero-order valence-corrected chi connectivity index (χ0v) is 9.72. The third kappa shape index (κ3) is 2.82. The van der Waals surface area contributed by atoms with Gasteiger partial charge in [-0.2, -0.15) is 0 Å². The quantitative estimate of drug-likeness (QED) is 0.794. The summed E-state index contributed by atoms with van der Waals surface area (Å²) in [5.41, 5.74) is 0. The Morgan fingerprint density at radius 1 is 1.56 bits per heavy atom. The number of amides is 1. The number of hydrogen-bond donors (Lipinski definition) is 1. The van der Waals surface area contributed by atoms with Crippen LogP contribution in [0.5, 0.6) is 0 Å². The maximum absolute atomic E-state index is 12.0. The average Bonchev–Trinajstić information content (AvgIpc) is 2.82. The molecule has 1 rings (SSSR count). The highest BCUT2D eigenvalue weighted by Gasteiger charge is 2.24. The van der Waals surface area contributed by atoms with Gasteiger partial charge in [0.2, 0.25) is 5.76 Å². The van der Waals surface area contributed by atoms with E-state index in [9.17, 15) is 4.79 Å². The maximum Gasteiger partial charge on any atom is 0.292 e. The second-order valence-electron chi connectivity index (χ2n) is 3.57. The minimum absolute atomic E-state index is 0.0453. The largest absolute Gasteiger partial charge is 0.395 e. The summed E-state index contributed by atoms with van der Waals surface area (Å²) in [6, 6.07) is 1.67. The fourth-order valence-corrected chi connectivity index (χ4v) is 1.75. The Bertz CT molecular complexity index is 307. The van der Waals surface area contributed by atoms with E-state index < -0.39 is 0 Å². The Labute approximate surface area is 95.0 Å². The van der Waals surface area contributed by atoms with Crippen molar-refractivity contribution in [1.29, 1.82) is 0 Å². The molecule has 16 heavy (non-hydrogen) atoms. The first-order chi connectivity index (χ1) is 7.74. The number of nitrogens with zero attached hydrogens (tertiary/aromatic N) is 2. The number of hydrogen-bond acceptors (Lipinski definition) is 4. The van der Waals surface area contributed by atoms with Crippen molar-refractivity contribution in [3.05, 3.63) is 18.0 Å². The molecule has 1 heterocycles. The van der Waals surface area contributed by atoms with Gasteiger partial charge < -0.3 is 14.5 Å². The smallest absolute Gasteiger partial charge is 0.292 e. The summed E-state index contributed by atoms with van der Waals surface area (Å²) in [6.07, 6.45) is 3.16. The molecular formula is C11H18N2O3. The average molecular weight is 226 g/mol.